The number of hydrogen-bond donors (Lipinski definition) is 0. The van der Waals surface area contributed by atoms with E-state index in [0.717, 1.165) is 12.8 Å². The van der Waals surface area contributed by atoms with Crippen LogP contribution in [-0.4, -0.2) is 23.2 Å². The molecular weight excluding hydrogens is 238 g/mol. The second-order valence-electron chi connectivity index (χ2n) is 2.62. The van der Waals surface area contributed by atoms with Crippen LogP contribution in [0.25, 0.3) is 10.9 Å². The zero-order chi connectivity index (χ0) is 10.8. The molecular formula is C6H12N4Na2O4. The molecule has 0 rings (SSSR count). The van der Waals surface area contributed by atoms with E-state index in [1.807, 2.05) is 0 Å². The number of nitrogens with zero attached hydrogens (tertiary/aromatic N) is 4. The molecule has 0 N–H and O–H groups in total. The Kier molecular flexibility index (Phi) is 20.8. The molecule has 0 aliphatic carbocycles. The maximum Gasteiger partial charge on any atom is 1.00 e. The summed E-state index contributed by atoms with van der Waals surface area (Å²) in [6.45, 7) is 0.415. The molecule has 0 bridgehead atoms. The van der Waals surface area contributed by atoms with Gasteiger partial charge in [0.15, 0.2) is 0 Å². The molecule has 0 aromatic rings. The summed E-state index contributed by atoms with van der Waals surface area (Å²) in [6.07, 6.45) is 2.84. The largest absolute Gasteiger partial charge is 1.00 e. The Bertz CT molecular complexity index is 175. The molecule has 0 aliphatic rings. The SMILES string of the molecule is O=[N+]([O-])[N-]CCCCCC[N-][N+](=O)[O-].[Na+].[Na+]. The van der Waals surface area contributed by atoms with Crippen LogP contribution in [0.4, 0.5) is 0 Å². The number of rotatable bonds is 9. The van der Waals surface area contributed by atoms with Crippen molar-refractivity contribution in [3.05, 3.63) is 31.1 Å². The van der Waals surface area contributed by atoms with Crippen molar-refractivity contribution in [3.8, 4) is 0 Å². The fourth-order valence-electron chi connectivity index (χ4n) is 0.882. The third-order valence-electron chi connectivity index (χ3n) is 1.50. The van der Waals surface area contributed by atoms with Crippen LogP contribution in [-0.2, 0) is 0 Å². The monoisotopic (exact) mass is 250 g/mol. The zero-order valence-electron chi connectivity index (χ0n) is 9.66. The summed E-state index contributed by atoms with van der Waals surface area (Å²) >= 11 is 0. The Morgan fingerprint density at radius 3 is 1.31 bits per heavy atom. The summed E-state index contributed by atoms with van der Waals surface area (Å²) in [5.74, 6) is 0. The van der Waals surface area contributed by atoms with E-state index in [1.54, 1.807) is 0 Å². The molecule has 0 aliphatic heterocycles. The molecule has 0 atom stereocenters. The van der Waals surface area contributed by atoms with Crippen LogP contribution < -0.4 is 59.1 Å². The molecule has 0 radical (unpaired) electrons. The van der Waals surface area contributed by atoms with E-state index in [1.165, 1.54) is 0 Å². The van der Waals surface area contributed by atoms with Crippen LogP contribution in [0.2, 0.25) is 0 Å². The predicted octanol–water partition coefficient (Wildman–Crippen LogP) is -4.31. The third kappa shape index (κ3) is 19.9. The van der Waals surface area contributed by atoms with Crippen molar-refractivity contribution in [1.29, 1.82) is 0 Å². The molecule has 16 heavy (non-hydrogen) atoms. The van der Waals surface area contributed by atoms with Crippen molar-refractivity contribution in [1.82, 2.24) is 0 Å². The minimum absolute atomic E-state index is 0. The molecule has 0 aromatic heterocycles. The Morgan fingerprint density at radius 1 is 0.750 bits per heavy atom. The number of unbranched alkanes of at least 4 members (excludes halogenated alkanes) is 3. The van der Waals surface area contributed by atoms with E-state index in [-0.39, 0.29) is 72.2 Å². The summed E-state index contributed by atoms with van der Waals surface area (Å²) in [7, 11) is 0. The van der Waals surface area contributed by atoms with Gasteiger partial charge in [0.25, 0.3) is 0 Å². The van der Waals surface area contributed by atoms with Gasteiger partial charge >= 0.3 is 59.1 Å². The van der Waals surface area contributed by atoms with Crippen molar-refractivity contribution in [2.45, 2.75) is 25.7 Å². The summed E-state index contributed by atoms with van der Waals surface area (Å²) < 4.78 is 0. The topological polar surface area (TPSA) is 114 Å². The first-order valence-corrected chi connectivity index (χ1v) is 4.26. The summed E-state index contributed by atoms with van der Waals surface area (Å²) in [5.41, 5.74) is 6.12. The molecule has 82 valence electrons. The fourth-order valence-corrected chi connectivity index (χ4v) is 0.882. The second-order valence-corrected chi connectivity index (χ2v) is 2.62. The first-order valence-electron chi connectivity index (χ1n) is 4.26. The smallest absolute Gasteiger partial charge is 0.379 e. The fraction of sp³-hybridized carbons (Fsp3) is 1.00. The number of nitro groups is 2. The first kappa shape index (κ1) is 21.7. The van der Waals surface area contributed by atoms with Crippen molar-refractivity contribution in [3.63, 3.8) is 0 Å². The number of hydrogen-bond acceptors (Lipinski definition) is 4. The molecule has 10 heteroatoms. The molecule has 0 saturated heterocycles. The molecule has 0 unspecified atom stereocenters. The van der Waals surface area contributed by atoms with E-state index in [4.69, 9.17) is 0 Å². The van der Waals surface area contributed by atoms with E-state index >= 15 is 0 Å². The van der Waals surface area contributed by atoms with Gasteiger partial charge in [-0.25, -0.2) is 0 Å². The van der Waals surface area contributed by atoms with Gasteiger partial charge in [-0.05, 0) is 10.1 Å². The minimum Gasteiger partial charge on any atom is -0.379 e. The van der Waals surface area contributed by atoms with Gasteiger partial charge < -0.3 is 10.9 Å². The maximum atomic E-state index is 9.76. The van der Waals surface area contributed by atoms with E-state index in [2.05, 4.69) is 10.9 Å². The van der Waals surface area contributed by atoms with Crippen LogP contribution in [0, 0.1) is 20.2 Å². The predicted molar refractivity (Wildman–Crippen MR) is 48.9 cm³/mol. The Morgan fingerprint density at radius 2 is 1.06 bits per heavy atom. The molecule has 0 aromatic carbocycles. The third-order valence-corrected chi connectivity index (χ3v) is 1.50. The van der Waals surface area contributed by atoms with Crippen molar-refractivity contribution < 1.29 is 69.2 Å². The molecule has 0 amide bonds. The van der Waals surface area contributed by atoms with Gasteiger partial charge in [0, 0.05) is 0 Å². The van der Waals surface area contributed by atoms with Crippen LogP contribution >= 0.6 is 0 Å². The van der Waals surface area contributed by atoms with Crippen LogP contribution in [0.15, 0.2) is 0 Å². The maximum absolute atomic E-state index is 9.76. The van der Waals surface area contributed by atoms with Gasteiger partial charge in [-0.3, -0.25) is 20.2 Å². The second kappa shape index (κ2) is 15.4. The van der Waals surface area contributed by atoms with E-state index < -0.39 is 10.1 Å². The standard InChI is InChI=1S/C6H12N4O4.2Na/c11-9(12)7-5-3-1-2-4-6-8-10(13)14;;/h1-6H2;;/q-2;2*+1. The van der Waals surface area contributed by atoms with Gasteiger partial charge in [-0.2, -0.15) is 0 Å². The molecule has 0 saturated carbocycles. The van der Waals surface area contributed by atoms with Crippen LogP contribution in [0.5, 0.6) is 0 Å². The van der Waals surface area contributed by atoms with Gasteiger partial charge in [0.05, 0.1) is 0 Å². The van der Waals surface area contributed by atoms with E-state index in [0.29, 0.717) is 12.8 Å². The average molecular weight is 250 g/mol. The van der Waals surface area contributed by atoms with Crippen molar-refractivity contribution in [2.24, 2.45) is 0 Å². The van der Waals surface area contributed by atoms with Gasteiger partial charge in [-0.1, -0.05) is 38.8 Å². The Labute approximate surface area is 138 Å². The normalized spacial score (nSPS) is 8.25. The minimum atomic E-state index is -0.706. The van der Waals surface area contributed by atoms with Crippen LogP contribution in [0.1, 0.15) is 25.7 Å². The van der Waals surface area contributed by atoms with E-state index in [9.17, 15) is 20.2 Å². The van der Waals surface area contributed by atoms with Crippen LogP contribution in [0.3, 0.4) is 0 Å². The first-order chi connectivity index (χ1) is 6.63. The van der Waals surface area contributed by atoms with Gasteiger partial charge in [0.1, 0.15) is 0 Å². The molecule has 0 spiro atoms. The molecule has 0 fully saturated rings. The molecule has 8 nitrogen and oxygen atoms in total. The molecule has 0 heterocycles. The van der Waals surface area contributed by atoms with Crippen molar-refractivity contribution >= 4 is 0 Å². The summed E-state index contributed by atoms with van der Waals surface area (Å²) in [6, 6.07) is 0. The van der Waals surface area contributed by atoms with Gasteiger partial charge in [-0.15, -0.1) is 0 Å². The average Bonchev–Trinajstić information content (AvgIpc) is 2.08. The zero-order valence-corrected chi connectivity index (χ0v) is 13.7. The quantitative estimate of drug-likeness (QED) is 0.178. The van der Waals surface area contributed by atoms with Crippen molar-refractivity contribution in [2.75, 3.05) is 13.1 Å². The Hall–Kier alpha value is 0.400. The summed E-state index contributed by atoms with van der Waals surface area (Å²) in [5, 5.41) is 18.1. The van der Waals surface area contributed by atoms with Gasteiger partial charge in [0.2, 0.25) is 0 Å². The Balaban J connectivity index is -0.000000845. The summed E-state index contributed by atoms with van der Waals surface area (Å²) in [4.78, 5) is 19.5.